The van der Waals surface area contributed by atoms with Gasteiger partial charge in [0.1, 0.15) is 4.90 Å². The lowest BCUT2D eigenvalue weighted by Crippen LogP contribution is -2.40. The number of halogens is 2. The minimum Gasteiger partial charge on any atom is -0.449 e. The van der Waals surface area contributed by atoms with Crippen LogP contribution in [0.15, 0.2) is 47.4 Å². The predicted octanol–water partition coefficient (Wildman–Crippen LogP) is 3.20. The zero-order chi connectivity index (χ0) is 22.6. The van der Waals surface area contributed by atoms with Gasteiger partial charge in [-0.05, 0) is 49.4 Å². The molecule has 1 amide bonds. The third kappa shape index (κ3) is 5.75. The van der Waals surface area contributed by atoms with Crippen LogP contribution >= 0.6 is 23.2 Å². The first-order chi connectivity index (χ1) is 14.7. The van der Waals surface area contributed by atoms with Crippen LogP contribution in [0.2, 0.25) is 10.0 Å². The molecule has 0 aliphatic carbocycles. The Labute approximate surface area is 190 Å². The summed E-state index contributed by atoms with van der Waals surface area (Å²) in [5.74, 6) is -1.40. The normalized spacial score (nSPS) is 15.8. The van der Waals surface area contributed by atoms with E-state index in [0.717, 1.165) is 6.07 Å². The van der Waals surface area contributed by atoms with E-state index in [0.29, 0.717) is 10.7 Å². The van der Waals surface area contributed by atoms with E-state index >= 15 is 0 Å². The van der Waals surface area contributed by atoms with E-state index in [4.69, 9.17) is 32.7 Å². The summed E-state index contributed by atoms with van der Waals surface area (Å²) in [5.41, 5.74) is 0.449. The molecule has 2 aromatic rings. The Bertz CT molecular complexity index is 1070. The first-order valence-corrected chi connectivity index (χ1v) is 11.5. The molecular weight excluding hydrogens is 467 g/mol. The van der Waals surface area contributed by atoms with Gasteiger partial charge in [-0.3, -0.25) is 4.79 Å². The molecule has 1 atom stereocenters. The fourth-order valence-electron chi connectivity index (χ4n) is 2.81. The summed E-state index contributed by atoms with van der Waals surface area (Å²) in [7, 11) is -3.91. The van der Waals surface area contributed by atoms with E-state index in [1.807, 2.05) is 0 Å². The number of benzene rings is 2. The molecule has 0 saturated carbocycles. The molecule has 1 heterocycles. The quantitative estimate of drug-likeness (QED) is 0.628. The van der Waals surface area contributed by atoms with E-state index in [2.05, 4.69) is 5.32 Å². The molecule has 31 heavy (non-hydrogen) atoms. The van der Waals surface area contributed by atoms with Gasteiger partial charge < -0.3 is 14.8 Å². The van der Waals surface area contributed by atoms with Gasteiger partial charge in [-0.2, -0.15) is 4.31 Å². The minimum absolute atomic E-state index is 0.0171. The Hall–Kier alpha value is -2.17. The maximum Gasteiger partial charge on any atom is 0.338 e. The van der Waals surface area contributed by atoms with Gasteiger partial charge in [0.2, 0.25) is 10.0 Å². The number of carbonyl (C=O) groups is 2. The Morgan fingerprint density at radius 3 is 2.39 bits per heavy atom. The first-order valence-electron chi connectivity index (χ1n) is 9.33. The zero-order valence-corrected chi connectivity index (χ0v) is 18.8. The van der Waals surface area contributed by atoms with Crippen molar-refractivity contribution < 1.29 is 27.5 Å². The zero-order valence-electron chi connectivity index (χ0n) is 16.5. The van der Waals surface area contributed by atoms with Crippen molar-refractivity contribution >= 4 is 50.8 Å². The van der Waals surface area contributed by atoms with E-state index in [1.165, 1.54) is 23.4 Å². The summed E-state index contributed by atoms with van der Waals surface area (Å²) in [5, 5.41) is 3.10. The Morgan fingerprint density at radius 2 is 1.74 bits per heavy atom. The van der Waals surface area contributed by atoms with Crippen LogP contribution in [-0.2, 0) is 24.3 Å². The Kier molecular flexibility index (Phi) is 7.55. The van der Waals surface area contributed by atoms with Crippen LogP contribution in [0.5, 0.6) is 0 Å². The second kappa shape index (κ2) is 9.97. The van der Waals surface area contributed by atoms with Gasteiger partial charge in [-0.15, -0.1) is 0 Å². The molecule has 3 rings (SSSR count). The Balaban J connectivity index is 1.72. The van der Waals surface area contributed by atoms with Crippen molar-refractivity contribution in [1.29, 1.82) is 0 Å². The van der Waals surface area contributed by atoms with E-state index in [1.54, 1.807) is 24.3 Å². The number of nitrogens with zero attached hydrogens (tertiary/aromatic N) is 1. The van der Waals surface area contributed by atoms with Crippen molar-refractivity contribution in [3.05, 3.63) is 58.1 Å². The molecule has 1 fully saturated rings. The summed E-state index contributed by atoms with van der Waals surface area (Å²) in [6, 6.07) is 10.2. The highest BCUT2D eigenvalue weighted by Gasteiger charge is 2.29. The second-order valence-corrected chi connectivity index (χ2v) is 9.46. The summed E-state index contributed by atoms with van der Waals surface area (Å²) in [4.78, 5) is 24.6. The van der Waals surface area contributed by atoms with Gasteiger partial charge in [-0.25, -0.2) is 13.2 Å². The maximum absolute atomic E-state index is 12.9. The Morgan fingerprint density at radius 1 is 1.10 bits per heavy atom. The number of anilines is 1. The molecule has 1 aliphatic heterocycles. The number of esters is 1. The second-order valence-electron chi connectivity index (χ2n) is 6.71. The molecular formula is C20H20Cl2N2O6S. The number of carbonyl (C=O) groups excluding carboxylic acids is 2. The molecule has 0 radical (unpaired) electrons. The van der Waals surface area contributed by atoms with Crippen molar-refractivity contribution in [1.82, 2.24) is 4.31 Å². The summed E-state index contributed by atoms with van der Waals surface area (Å²) >= 11 is 11.9. The number of hydrogen-bond acceptors (Lipinski definition) is 6. The number of nitrogens with one attached hydrogen (secondary N) is 1. The van der Waals surface area contributed by atoms with Crippen molar-refractivity contribution in [2.75, 3.05) is 31.6 Å². The molecule has 0 aromatic heterocycles. The third-order valence-electron chi connectivity index (χ3n) is 4.52. The lowest BCUT2D eigenvalue weighted by Gasteiger charge is -2.26. The third-order valence-corrected chi connectivity index (χ3v) is 7.15. The van der Waals surface area contributed by atoms with E-state index in [-0.39, 0.29) is 41.8 Å². The SMILES string of the molecule is CC(OC(=O)c1ccc(Cl)c(S(=O)(=O)N2CCOCC2)c1)C(=O)Nc1ccc(Cl)cc1. The smallest absolute Gasteiger partial charge is 0.338 e. The summed E-state index contributed by atoms with van der Waals surface area (Å²) < 4.78 is 37.4. The highest BCUT2D eigenvalue weighted by atomic mass is 35.5. The van der Waals surface area contributed by atoms with Crippen LogP contribution in [0.3, 0.4) is 0 Å². The molecule has 1 N–H and O–H groups in total. The van der Waals surface area contributed by atoms with Crippen LogP contribution in [0.25, 0.3) is 0 Å². The number of morpholine rings is 1. The van der Waals surface area contributed by atoms with Crippen LogP contribution in [0.4, 0.5) is 5.69 Å². The average Bonchev–Trinajstić information content (AvgIpc) is 2.76. The number of ether oxygens (including phenoxy) is 2. The largest absolute Gasteiger partial charge is 0.449 e. The van der Waals surface area contributed by atoms with Gasteiger partial charge in [0.25, 0.3) is 5.91 Å². The number of rotatable bonds is 6. The molecule has 0 spiro atoms. The topological polar surface area (TPSA) is 102 Å². The van der Waals surface area contributed by atoms with Crippen molar-refractivity contribution in [3.63, 3.8) is 0 Å². The predicted molar refractivity (Wildman–Crippen MR) is 116 cm³/mol. The average molecular weight is 487 g/mol. The molecule has 1 unspecified atom stereocenters. The van der Waals surface area contributed by atoms with Crippen LogP contribution in [0.1, 0.15) is 17.3 Å². The van der Waals surface area contributed by atoms with Gasteiger partial charge in [0.05, 0.1) is 23.8 Å². The summed E-state index contributed by atoms with van der Waals surface area (Å²) in [6.45, 7) is 2.34. The molecule has 0 bridgehead atoms. The molecule has 1 aliphatic rings. The number of amides is 1. The van der Waals surface area contributed by atoms with Crippen molar-refractivity contribution in [3.8, 4) is 0 Å². The van der Waals surface area contributed by atoms with Crippen LogP contribution in [0, 0.1) is 0 Å². The lowest BCUT2D eigenvalue weighted by molar-refractivity contribution is -0.123. The number of sulfonamides is 1. The van der Waals surface area contributed by atoms with Gasteiger partial charge in [0.15, 0.2) is 6.10 Å². The van der Waals surface area contributed by atoms with Crippen molar-refractivity contribution in [2.24, 2.45) is 0 Å². The fraction of sp³-hybridized carbons (Fsp3) is 0.300. The minimum atomic E-state index is -3.91. The summed E-state index contributed by atoms with van der Waals surface area (Å²) in [6.07, 6.45) is -1.13. The molecule has 1 saturated heterocycles. The highest BCUT2D eigenvalue weighted by molar-refractivity contribution is 7.89. The van der Waals surface area contributed by atoms with Gasteiger partial charge >= 0.3 is 5.97 Å². The molecule has 8 nitrogen and oxygen atoms in total. The monoisotopic (exact) mass is 486 g/mol. The van der Waals surface area contributed by atoms with Gasteiger partial charge in [-0.1, -0.05) is 23.2 Å². The van der Waals surface area contributed by atoms with Crippen LogP contribution < -0.4 is 5.32 Å². The number of hydrogen-bond donors (Lipinski definition) is 1. The fourth-order valence-corrected chi connectivity index (χ4v) is 4.85. The lowest BCUT2D eigenvalue weighted by atomic mass is 10.2. The molecule has 11 heteroatoms. The van der Waals surface area contributed by atoms with Gasteiger partial charge in [0, 0.05) is 23.8 Å². The van der Waals surface area contributed by atoms with Crippen LogP contribution in [-0.4, -0.2) is 57.0 Å². The first kappa shape index (κ1) is 23.5. The van der Waals surface area contributed by atoms with E-state index < -0.39 is 28.0 Å². The van der Waals surface area contributed by atoms with E-state index in [9.17, 15) is 18.0 Å². The molecule has 166 valence electrons. The maximum atomic E-state index is 12.9. The standard InChI is InChI=1S/C20H20Cl2N2O6S/c1-13(19(25)23-16-5-3-15(21)4-6-16)30-20(26)14-2-7-17(22)18(12-14)31(27,28)24-8-10-29-11-9-24/h2-7,12-13H,8-11H2,1H3,(H,23,25). The highest BCUT2D eigenvalue weighted by Crippen LogP contribution is 2.27. The molecule has 2 aromatic carbocycles. The van der Waals surface area contributed by atoms with Crippen molar-refractivity contribution in [2.45, 2.75) is 17.9 Å².